The lowest BCUT2D eigenvalue weighted by atomic mass is 10.3. The highest BCUT2D eigenvalue weighted by molar-refractivity contribution is 9.10. The zero-order valence-corrected chi connectivity index (χ0v) is 13.4. The van der Waals surface area contributed by atoms with Crippen molar-refractivity contribution < 1.29 is 0 Å². The third-order valence-electron chi connectivity index (χ3n) is 2.67. The van der Waals surface area contributed by atoms with E-state index in [0.717, 1.165) is 19.8 Å². The Balaban J connectivity index is 1.81. The second-order valence-corrected chi connectivity index (χ2v) is 6.18. The quantitative estimate of drug-likeness (QED) is 0.644. The van der Waals surface area contributed by atoms with E-state index in [-0.39, 0.29) is 0 Å². The Labute approximate surface area is 134 Å². The maximum Gasteiger partial charge on any atom is 0.224 e. The molecular weight excluding hydrogens is 352 g/mol. The van der Waals surface area contributed by atoms with Gasteiger partial charge in [0.1, 0.15) is 5.82 Å². The third-order valence-corrected chi connectivity index (χ3v) is 4.10. The molecule has 0 aliphatic rings. The Morgan fingerprint density at radius 1 is 1.24 bits per heavy atom. The number of hydrogen-bond donors (Lipinski definition) is 3. The molecule has 8 heteroatoms. The molecule has 0 atom stereocenters. The van der Waals surface area contributed by atoms with Gasteiger partial charge in [0.05, 0.1) is 10.2 Å². The molecule has 0 saturated heterocycles. The standard InChI is InChI=1S/C13H13BrN6S/c14-8-1-2-9-10(7-8)21-13(18-9)20-11-3-5-16-12(19-11)17-6-4-15/h1-3,5,7H,4,6,15H2,(H2,16,17,18,19,20). The van der Waals surface area contributed by atoms with Gasteiger partial charge < -0.3 is 16.4 Å². The van der Waals surface area contributed by atoms with Gasteiger partial charge in [-0.25, -0.2) is 9.97 Å². The first-order valence-electron chi connectivity index (χ1n) is 6.35. The van der Waals surface area contributed by atoms with Gasteiger partial charge in [0.25, 0.3) is 0 Å². The van der Waals surface area contributed by atoms with Crippen LogP contribution in [0.5, 0.6) is 0 Å². The largest absolute Gasteiger partial charge is 0.353 e. The fourth-order valence-electron chi connectivity index (χ4n) is 1.76. The Morgan fingerprint density at radius 2 is 2.14 bits per heavy atom. The van der Waals surface area contributed by atoms with Crippen LogP contribution in [0.1, 0.15) is 0 Å². The van der Waals surface area contributed by atoms with E-state index in [1.807, 2.05) is 18.2 Å². The summed E-state index contributed by atoms with van der Waals surface area (Å²) in [4.78, 5) is 13.0. The van der Waals surface area contributed by atoms with Gasteiger partial charge in [0, 0.05) is 23.8 Å². The molecule has 0 aliphatic heterocycles. The van der Waals surface area contributed by atoms with Gasteiger partial charge in [-0.15, -0.1) is 0 Å². The molecule has 0 radical (unpaired) electrons. The van der Waals surface area contributed by atoms with Crippen LogP contribution in [0.25, 0.3) is 10.2 Å². The monoisotopic (exact) mass is 364 g/mol. The zero-order chi connectivity index (χ0) is 14.7. The van der Waals surface area contributed by atoms with Crippen LogP contribution >= 0.6 is 27.3 Å². The molecule has 0 fully saturated rings. The van der Waals surface area contributed by atoms with E-state index in [4.69, 9.17) is 5.73 Å². The predicted molar refractivity (Wildman–Crippen MR) is 90.2 cm³/mol. The molecule has 0 saturated carbocycles. The molecule has 0 bridgehead atoms. The van der Waals surface area contributed by atoms with Crippen LogP contribution < -0.4 is 16.4 Å². The van der Waals surface area contributed by atoms with Crippen LogP contribution in [0.3, 0.4) is 0 Å². The summed E-state index contributed by atoms with van der Waals surface area (Å²) in [7, 11) is 0. The number of anilines is 3. The van der Waals surface area contributed by atoms with Crippen molar-refractivity contribution >= 4 is 54.4 Å². The van der Waals surface area contributed by atoms with Gasteiger partial charge in [-0.05, 0) is 24.3 Å². The number of halogens is 1. The summed E-state index contributed by atoms with van der Waals surface area (Å²) >= 11 is 5.04. The van der Waals surface area contributed by atoms with Crippen LogP contribution in [0.4, 0.5) is 16.9 Å². The molecular formula is C13H13BrN6S. The predicted octanol–water partition coefficient (Wildman–Crippen LogP) is 2.96. The molecule has 108 valence electrons. The summed E-state index contributed by atoms with van der Waals surface area (Å²) in [6.07, 6.45) is 1.69. The first-order valence-corrected chi connectivity index (χ1v) is 7.95. The Bertz CT molecular complexity index is 759. The number of hydrogen-bond acceptors (Lipinski definition) is 7. The van der Waals surface area contributed by atoms with Crippen LogP contribution in [-0.4, -0.2) is 28.0 Å². The molecule has 6 nitrogen and oxygen atoms in total. The number of thiazole rings is 1. The Morgan fingerprint density at radius 3 is 3.00 bits per heavy atom. The van der Waals surface area contributed by atoms with Gasteiger partial charge in [0.15, 0.2) is 5.13 Å². The van der Waals surface area contributed by atoms with E-state index in [0.29, 0.717) is 24.9 Å². The fourth-order valence-corrected chi connectivity index (χ4v) is 3.18. The van der Waals surface area contributed by atoms with E-state index in [1.165, 1.54) is 0 Å². The van der Waals surface area contributed by atoms with Crippen molar-refractivity contribution in [2.75, 3.05) is 23.7 Å². The molecule has 0 spiro atoms. The fraction of sp³-hybridized carbons (Fsp3) is 0.154. The molecule has 3 aromatic rings. The molecule has 0 amide bonds. The Hall–Kier alpha value is -1.77. The van der Waals surface area contributed by atoms with Gasteiger partial charge in [-0.1, -0.05) is 27.3 Å². The second-order valence-electron chi connectivity index (χ2n) is 4.24. The molecule has 2 aromatic heterocycles. The smallest absolute Gasteiger partial charge is 0.224 e. The highest BCUT2D eigenvalue weighted by Crippen LogP contribution is 2.29. The highest BCUT2D eigenvalue weighted by atomic mass is 79.9. The minimum Gasteiger partial charge on any atom is -0.353 e. The number of aromatic nitrogens is 3. The van der Waals surface area contributed by atoms with E-state index in [2.05, 4.69) is 41.5 Å². The molecule has 0 unspecified atom stereocenters. The topological polar surface area (TPSA) is 88.8 Å². The van der Waals surface area contributed by atoms with Crippen molar-refractivity contribution in [3.63, 3.8) is 0 Å². The van der Waals surface area contributed by atoms with Crippen molar-refractivity contribution in [3.8, 4) is 0 Å². The highest BCUT2D eigenvalue weighted by Gasteiger charge is 2.06. The van der Waals surface area contributed by atoms with Crippen molar-refractivity contribution in [2.24, 2.45) is 5.73 Å². The minimum absolute atomic E-state index is 0.535. The average molecular weight is 365 g/mol. The van der Waals surface area contributed by atoms with Gasteiger partial charge in [-0.3, -0.25) is 0 Å². The molecule has 1 aromatic carbocycles. The summed E-state index contributed by atoms with van der Waals surface area (Å²) in [5, 5.41) is 7.04. The van der Waals surface area contributed by atoms with E-state index in [1.54, 1.807) is 23.6 Å². The van der Waals surface area contributed by atoms with Crippen LogP contribution in [0.15, 0.2) is 34.9 Å². The summed E-state index contributed by atoms with van der Waals surface area (Å²) in [6.45, 7) is 1.17. The maximum atomic E-state index is 5.45. The Kier molecular flexibility index (Phi) is 4.28. The van der Waals surface area contributed by atoms with Crippen LogP contribution in [0.2, 0.25) is 0 Å². The zero-order valence-electron chi connectivity index (χ0n) is 11.0. The van der Waals surface area contributed by atoms with Crippen molar-refractivity contribution in [1.82, 2.24) is 15.0 Å². The summed E-state index contributed by atoms with van der Waals surface area (Å²) in [6, 6.07) is 7.81. The molecule has 2 heterocycles. The second kappa shape index (κ2) is 6.33. The molecule has 4 N–H and O–H groups in total. The van der Waals surface area contributed by atoms with Crippen molar-refractivity contribution in [1.29, 1.82) is 0 Å². The molecule has 3 rings (SSSR count). The lowest BCUT2D eigenvalue weighted by Gasteiger charge is -2.05. The number of nitrogens with two attached hydrogens (primary N) is 1. The van der Waals surface area contributed by atoms with E-state index < -0.39 is 0 Å². The number of benzene rings is 1. The van der Waals surface area contributed by atoms with Gasteiger partial charge in [0.2, 0.25) is 5.95 Å². The summed E-state index contributed by atoms with van der Waals surface area (Å²) < 4.78 is 2.16. The van der Waals surface area contributed by atoms with Gasteiger partial charge in [-0.2, -0.15) is 4.98 Å². The first kappa shape index (κ1) is 14.2. The number of rotatable bonds is 5. The summed E-state index contributed by atoms with van der Waals surface area (Å²) in [5.41, 5.74) is 6.41. The van der Waals surface area contributed by atoms with Gasteiger partial charge >= 0.3 is 0 Å². The number of nitrogens with zero attached hydrogens (tertiary/aromatic N) is 3. The first-order chi connectivity index (χ1) is 10.2. The SMILES string of the molecule is NCCNc1nccc(Nc2nc3ccc(Br)cc3s2)n1. The lowest BCUT2D eigenvalue weighted by molar-refractivity contribution is 0.990. The lowest BCUT2D eigenvalue weighted by Crippen LogP contribution is -2.14. The number of fused-ring (bicyclic) bond motifs is 1. The summed E-state index contributed by atoms with van der Waals surface area (Å²) in [5.74, 6) is 1.25. The minimum atomic E-state index is 0.535. The third kappa shape index (κ3) is 3.46. The van der Waals surface area contributed by atoms with E-state index in [9.17, 15) is 0 Å². The average Bonchev–Trinajstić information content (AvgIpc) is 2.86. The molecule has 0 aliphatic carbocycles. The van der Waals surface area contributed by atoms with Crippen molar-refractivity contribution in [2.45, 2.75) is 0 Å². The maximum absolute atomic E-state index is 5.45. The van der Waals surface area contributed by atoms with E-state index >= 15 is 0 Å². The number of nitrogens with one attached hydrogen (secondary N) is 2. The van der Waals surface area contributed by atoms with Crippen molar-refractivity contribution in [3.05, 3.63) is 34.9 Å². The molecule has 21 heavy (non-hydrogen) atoms. The normalized spacial score (nSPS) is 10.8. The van der Waals surface area contributed by atoms with Crippen LogP contribution in [0, 0.1) is 0 Å². The van der Waals surface area contributed by atoms with Crippen LogP contribution in [-0.2, 0) is 0 Å².